The molecule has 0 spiro atoms. The van der Waals surface area contributed by atoms with Crippen LogP contribution in [-0.4, -0.2) is 78.9 Å². The summed E-state index contributed by atoms with van der Waals surface area (Å²) in [5.41, 5.74) is 1.34. The summed E-state index contributed by atoms with van der Waals surface area (Å²) in [5, 5.41) is 0.0632. The Labute approximate surface area is 267 Å². The van der Waals surface area contributed by atoms with Crippen LogP contribution in [0.2, 0.25) is 54.4 Å². The van der Waals surface area contributed by atoms with Gasteiger partial charge in [0.25, 0.3) is 0 Å². The van der Waals surface area contributed by atoms with Crippen LogP contribution in [0.15, 0.2) is 31.4 Å². The largest absolute Gasteiger partial charge is 0.414 e. The van der Waals surface area contributed by atoms with Gasteiger partial charge in [-0.2, -0.15) is 0 Å². The summed E-state index contributed by atoms with van der Waals surface area (Å²) in [5.74, 6) is 0.665. The molecule has 3 aromatic rings. The number of rotatable bonds is 9. The Morgan fingerprint density at radius 3 is 1.84 bits per heavy atom. The van der Waals surface area contributed by atoms with Crippen molar-refractivity contribution in [2.45, 2.75) is 141 Å². The first kappa shape index (κ1) is 35.1. The van der Waals surface area contributed by atoms with Crippen molar-refractivity contribution >= 4 is 36.1 Å². The van der Waals surface area contributed by atoms with Gasteiger partial charge in [-0.25, -0.2) is 19.9 Å². The lowest BCUT2D eigenvalue weighted by Gasteiger charge is -2.44. The van der Waals surface area contributed by atoms with Crippen molar-refractivity contribution in [3.05, 3.63) is 31.4 Å². The first-order chi connectivity index (χ1) is 20.0. The van der Waals surface area contributed by atoms with Crippen LogP contribution in [0.3, 0.4) is 0 Å². The molecule has 0 N–H and O–H groups in total. The summed E-state index contributed by atoms with van der Waals surface area (Å²) in [4.78, 5) is 18.2. The molecule has 246 valence electrons. The zero-order valence-corrected chi connectivity index (χ0v) is 32.7. The van der Waals surface area contributed by atoms with Gasteiger partial charge in [0, 0.05) is 12.4 Å². The quantitative estimate of drug-likeness (QED) is 0.215. The number of ether oxygens (including phenoxy) is 1. The lowest BCUT2D eigenvalue weighted by atomic mass is 10.1. The number of nitrogens with zero attached hydrogens (tertiary/aromatic N) is 6. The summed E-state index contributed by atoms with van der Waals surface area (Å²) in [6.45, 7) is 34.6. The van der Waals surface area contributed by atoms with Crippen molar-refractivity contribution in [1.29, 1.82) is 0 Å². The van der Waals surface area contributed by atoms with Gasteiger partial charge in [0.15, 0.2) is 48.2 Å². The van der Waals surface area contributed by atoms with E-state index >= 15 is 0 Å². The van der Waals surface area contributed by atoms with Gasteiger partial charge in [0.2, 0.25) is 0 Å². The summed E-state index contributed by atoms with van der Waals surface area (Å²) in [6, 6.07) is 0. The molecule has 0 bridgehead atoms. The van der Waals surface area contributed by atoms with E-state index < -0.39 is 31.2 Å². The van der Waals surface area contributed by atoms with Gasteiger partial charge in [-0.05, 0) is 54.4 Å². The summed E-state index contributed by atoms with van der Waals surface area (Å²) in [6.07, 6.45) is 7.11. The van der Waals surface area contributed by atoms with Gasteiger partial charge in [0.05, 0.1) is 12.9 Å². The number of hydrogen-bond acceptors (Lipinski definition) is 8. The zero-order valence-electron chi connectivity index (χ0n) is 29.7. The van der Waals surface area contributed by atoms with E-state index in [1.165, 1.54) is 0 Å². The highest BCUT2D eigenvalue weighted by atomic mass is 28.4. The van der Waals surface area contributed by atoms with Gasteiger partial charge in [0.1, 0.15) is 31.0 Å². The van der Waals surface area contributed by atoms with E-state index in [4.69, 9.17) is 28.0 Å². The average Bonchev–Trinajstić information content (AvgIpc) is 3.60. The van der Waals surface area contributed by atoms with Crippen LogP contribution >= 0.6 is 0 Å². The molecule has 1 saturated heterocycles. The molecule has 44 heavy (non-hydrogen) atoms. The molecule has 4 heterocycles. The Morgan fingerprint density at radius 1 is 0.750 bits per heavy atom. The van der Waals surface area contributed by atoms with E-state index in [0.717, 1.165) is 0 Å². The average molecular weight is 661 g/mol. The molecule has 0 amide bonds. The highest BCUT2D eigenvalue weighted by molar-refractivity contribution is 6.75. The Hall–Kier alpha value is -1.75. The molecule has 4 rings (SSSR count). The van der Waals surface area contributed by atoms with Crippen molar-refractivity contribution in [3.63, 3.8) is 0 Å². The van der Waals surface area contributed by atoms with E-state index in [-0.39, 0.29) is 33.4 Å². The zero-order chi connectivity index (χ0) is 33.1. The van der Waals surface area contributed by atoms with Gasteiger partial charge in [-0.3, -0.25) is 9.13 Å². The third kappa shape index (κ3) is 6.83. The molecule has 0 saturated carbocycles. The van der Waals surface area contributed by atoms with Crippen LogP contribution in [0.4, 0.5) is 0 Å². The molecule has 1 fully saturated rings. The minimum absolute atomic E-state index is 0.00603. The molecule has 0 aliphatic carbocycles. The number of imidazole rings is 2. The van der Waals surface area contributed by atoms with Gasteiger partial charge < -0.3 is 18.0 Å². The van der Waals surface area contributed by atoms with E-state index in [9.17, 15) is 0 Å². The maximum atomic E-state index is 7.31. The maximum absolute atomic E-state index is 7.31. The van der Waals surface area contributed by atoms with Gasteiger partial charge >= 0.3 is 0 Å². The van der Waals surface area contributed by atoms with Crippen molar-refractivity contribution in [1.82, 2.24) is 29.1 Å². The fraction of sp³-hybridized carbons (Fsp3) is 0.742. The molecule has 1 aliphatic rings. The molecule has 4 atom stereocenters. The fourth-order valence-corrected chi connectivity index (χ4v) is 8.09. The molecule has 10 nitrogen and oxygen atoms in total. The van der Waals surface area contributed by atoms with Crippen LogP contribution in [0, 0.1) is 0 Å². The van der Waals surface area contributed by atoms with Crippen LogP contribution in [0.5, 0.6) is 0 Å². The monoisotopic (exact) mass is 660 g/mol. The Bertz CT molecular complexity index is 1420. The second-order valence-electron chi connectivity index (χ2n) is 16.8. The summed E-state index contributed by atoms with van der Waals surface area (Å²) in [7, 11) is -6.60. The predicted octanol–water partition coefficient (Wildman–Crippen LogP) is 7.71. The molecular weight excluding hydrogens is 605 g/mol. The first-order valence-electron chi connectivity index (χ1n) is 15.8. The van der Waals surface area contributed by atoms with Crippen LogP contribution in [0.1, 0.15) is 68.5 Å². The van der Waals surface area contributed by atoms with Crippen molar-refractivity contribution < 1.29 is 18.0 Å². The van der Waals surface area contributed by atoms with E-state index in [1.807, 2.05) is 15.3 Å². The third-order valence-electron chi connectivity index (χ3n) is 10.5. The highest BCUT2D eigenvalue weighted by Crippen LogP contribution is 2.47. The molecule has 0 aromatic carbocycles. The second-order valence-corrected chi connectivity index (χ2v) is 31.1. The number of aromatic nitrogens is 6. The minimum atomic E-state index is -2.28. The van der Waals surface area contributed by atoms with Crippen molar-refractivity contribution in [2.24, 2.45) is 0 Å². The maximum Gasteiger partial charge on any atom is 0.192 e. The van der Waals surface area contributed by atoms with Crippen LogP contribution < -0.4 is 0 Å². The Balaban J connectivity index is 1.85. The fourth-order valence-electron chi connectivity index (χ4n) is 4.47. The third-order valence-corrected chi connectivity index (χ3v) is 24.0. The standard InChI is InChI=1S/C31H56N6O4Si3/c1-29(2,3)42(10,11)38-18-22-24(40-43(12,13)30(4,5)6)25(41-44(14,15)31(7,8)9)28(39-22)37-21-35-23-26(33-19-34-27(23)37)36-17-16-32-20-36/h16-17,19-22,24-25,28H,18H2,1-15H3/t22-,24?,25?,28-/m1/s1. The van der Waals surface area contributed by atoms with Crippen molar-refractivity contribution in [2.75, 3.05) is 6.61 Å². The van der Waals surface area contributed by atoms with E-state index in [0.29, 0.717) is 23.6 Å². The summed E-state index contributed by atoms with van der Waals surface area (Å²) >= 11 is 0. The second kappa shape index (κ2) is 11.8. The number of fused-ring (bicyclic) bond motifs is 1. The minimum Gasteiger partial charge on any atom is -0.414 e. The Morgan fingerprint density at radius 2 is 1.32 bits per heavy atom. The molecule has 2 unspecified atom stereocenters. The van der Waals surface area contributed by atoms with E-state index in [2.05, 4.69) is 112 Å². The van der Waals surface area contributed by atoms with Crippen LogP contribution in [-0.2, 0) is 18.0 Å². The molecule has 13 heteroatoms. The summed E-state index contributed by atoms with van der Waals surface area (Å²) < 4.78 is 32.3. The Kier molecular flexibility index (Phi) is 9.42. The number of hydrogen-bond donors (Lipinski definition) is 0. The predicted molar refractivity (Wildman–Crippen MR) is 184 cm³/mol. The first-order valence-corrected chi connectivity index (χ1v) is 24.5. The lowest BCUT2D eigenvalue weighted by molar-refractivity contribution is -0.0470. The molecule has 3 aromatic heterocycles. The molecule has 0 radical (unpaired) electrons. The normalized spacial score (nSPS) is 22.7. The van der Waals surface area contributed by atoms with Gasteiger partial charge in [-0.15, -0.1) is 0 Å². The highest BCUT2D eigenvalue weighted by Gasteiger charge is 2.55. The topological polar surface area (TPSA) is 98.3 Å². The molecule has 1 aliphatic heterocycles. The lowest BCUT2D eigenvalue weighted by Crippen LogP contribution is -2.54. The van der Waals surface area contributed by atoms with Crippen molar-refractivity contribution in [3.8, 4) is 5.82 Å². The smallest absolute Gasteiger partial charge is 0.192 e. The van der Waals surface area contributed by atoms with E-state index in [1.54, 1.807) is 25.2 Å². The molecular formula is C31H56N6O4Si3. The van der Waals surface area contributed by atoms with Crippen LogP contribution in [0.25, 0.3) is 17.0 Å². The SMILES string of the molecule is CC(C)(C)[Si](C)(C)OC[C@H]1O[C@@H](n2cnc3c(-n4ccnc4)ncnc32)C(O[Si](C)(C)C(C)(C)C)C1O[Si](C)(C)C(C)(C)C. The van der Waals surface area contributed by atoms with Gasteiger partial charge in [-0.1, -0.05) is 62.3 Å².